The van der Waals surface area contributed by atoms with Crippen molar-refractivity contribution in [1.29, 1.82) is 0 Å². The van der Waals surface area contributed by atoms with Crippen molar-refractivity contribution >= 4 is 113 Å². The van der Waals surface area contributed by atoms with Crippen LogP contribution in [0.2, 0.25) is 0 Å². The van der Waals surface area contributed by atoms with Gasteiger partial charge in [0.1, 0.15) is 31.9 Å². The number of anilines is 6. The Morgan fingerprint density at radius 3 is 1.43 bits per heavy atom. The van der Waals surface area contributed by atoms with Crippen LogP contribution in [0.25, 0.3) is 12.2 Å². The molecule has 2 heterocycles. The number of carboxylic acids is 2. The van der Waals surface area contributed by atoms with E-state index in [1.54, 1.807) is 42.5 Å². The number of rotatable bonds is 18. The zero-order valence-electron chi connectivity index (χ0n) is 45.9. The zero-order chi connectivity index (χ0) is 57.2. The number of nitrogens with zero attached hydrogens (tertiary/aromatic N) is 8. The van der Waals surface area contributed by atoms with Gasteiger partial charge in [-0.2, -0.15) is 67.9 Å². The van der Waals surface area contributed by atoms with Gasteiger partial charge in [0.05, 0.1) is 34.8 Å². The third kappa shape index (κ3) is 40.3. The molecule has 6 aromatic rings. The first kappa shape index (κ1) is 96.2. The second-order valence-electron chi connectivity index (χ2n) is 13.6. The molecule has 0 bridgehead atoms. The van der Waals surface area contributed by atoms with Gasteiger partial charge in [-0.25, -0.2) is 21.8 Å². The average molecular weight is 1310 g/mol. The summed E-state index contributed by atoms with van der Waals surface area (Å²) >= 11 is 0. The van der Waals surface area contributed by atoms with E-state index in [4.69, 9.17) is 44.4 Å². The molecular weight excluding hydrogens is 1280 g/mol. The molecule has 0 atom stereocenters. The normalized spacial score (nSPS) is 9.33. The van der Waals surface area contributed by atoms with E-state index < -0.39 is 76.3 Å². The van der Waals surface area contributed by atoms with Gasteiger partial charge in [-0.15, -0.1) is 73.3 Å². The molecule has 0 spiro atoms. The van der Waals surface area contributed by atoms with E-state index in [9.17, 15) is 45.7 Å². The number of aliphatic carboxylic acids is 2. The molecule has 0 fully saturated rings. The van der Waals surface area contributed by atoms with E-state index in [2.05, 4.69) is 66.8 Å². The van der Waals surface area contributed by atoms with Crippen LogP contribution in [0.4, 0.5) is 35.2 Å². The van der Waals surface area contributed by atoms with Crippen molar-refractivity contribution in [3.05, 3.63) is 145 Å². The molecule has 0 aliphatic carbocycles. The monoisotopic (exact) mass is 1310 g/mol. The number of carbonyl (C=O) groups excluding carboxylic acids is 6. The van der Waals surface area contributed by atoms with Crippen molar-refractivity contribution in [2.45, 2.75) is 22.6 Å². The fraction of sp³-hybridized carbons (Fsp3) is 0.0952. The fourth-order valence-electron chi connectivity index (χ4n) is 5.57. The summed E-state index contributed by atoms with van der Waals surface area (Å²) in [6, 6.07) is 26.6. The van der Waals surface area contributed by atoms with Gasteiger partial charge in [-0.1, -0.05) is 30.0 Å². The molecular formula is C42H30N10Na8O20S4. The van der Waals surface area contributed by atoms with Crippen molar-refractivity contribution in [3.8, 4) is 0 Å². The van der Waals surface area contributed by atoms with E-state index in [0.29, 0.717) is 22.4 Å². The summed E-state index contributed by atoms with van der Waals surface area (Å²) in [6.07, 6.45) is 3.58. The van der Waals surface area contributed by atoms with Crippen LogP contribution in [0.15, 0.2) is 94.7 Å². The topological polar surface area (TPSA) is 473 Å². The molecule has 6 rings (SSSR count). The van der Waals surface area contributed by atoms with Crippen LogP contribution >= 0.6 is 0 Å². The predicted molar refractivity (Wildman–Crippen MR) is 245 cm³/mol. The van der Waals surface area contributed by atoms with Crippen LogP contribution in [0.3, 0.4) is 0 Å². The number of hydrogen-bond acceptors (Lipinski definition) is 30. The van der Waals surface area contributed by atoms with E-state index >= 15 is 0 Å². The Bertz CT molecular complexity index is 3520. The minimum absolute atomic E-state index is 0. The molecule has 2 N–H and O–H groups in total. The molecule has 4 aromatic carbocycles. The Hall–Kier alpha value is -1.40. The molecule has 0 saturated heterocycles. The second kappa shape index (κ2) is 50.4. The fourth-order valence-corrected chi connectivity index (χ4v) is 6.74. The molecule has 0 unspecified atom stereocenters. The Morgan fingerprint density at radius 1 is 0.583 bits per heavy atom. The predicted octanol–water partition coefficient (Wildman–Crippen LogP) is -26.1. The molecule has 2 aromatic heterocycles. The Balaban J connectivity index is -0.000000488. The van der Waals surface area contributed by atoms with Crippen molar-refractivity contribution in [3.63, 3.8) is 0 Å². The van der Waals surface area contributed by atoms with Crippen LogP contribution in [0.1, 0.15) is 33.9 Å². The van der Waals surface area contributed by atoms with Gasteiger partial charge in [0, 0.05) is 12.1 Å². The average Bonchev–Trinajstić information content (AvgIpc) is 3.31. The van der Waals surface area contributed by atoms with Gasteiger partial charge < -0.3 is 49.3 Å². The van der Waals surface area contributed by atoms with Crippen LogP contribution in [0.5, 0.6) is 0 Å². The Labute approximate surface area is 659 Å². The first-order valence-electron chi connectivity index (χ1n) is 19.6. The molecule has 0 aliphatic rings. The summed E-state index contributed by atoms with van der Waals surface area (Å²) in [5.41, 5.74) is 2.42. The summed E-state index contributed by atoms with van der Waals surface area (Å²) in [6.45, 7) is -1.67. The summed E-state index contributed by atoms with van der Waals surface area (Å²) in [4.78, 5) is 82.1. The van der Waals surface area contributed by atoms with Crippen molar-refractivity contribution in [2.75, 3.05) is 33.5 Å². The number of nitrogens with one attached hydrogen (secondary N) is 2. The SMILES string of the molecule is O=C=O.O=C=O.O=S(=O)=O.O=S(=O)=O.[CH2-]N([CH2-])c1nc(Cc2ccc(S(=O)(=O)[O-])cc2)nc(Nc2ccc(/C=C/c3[c-]cc(Cc4nc(Nc5cc[c-]cc5)nc(N(CC(=O)[O-])CC(=O)[O-])n4)cc3)c(S(=O)(=O)[O-])c2)n1.[Na+].[Na+].[Na+].[Na+].[Na+].[Na+].[Na+].[Na+]. The van der Waals surface area contributed by atoms with Crippen LogP contribution < -0.4 is 267 Å². The molecule has 0 aliphatic heterocycles. The van der Waals surface area contributed by atoms with E-state index in [1.807, 2.05) is 0 Å². The first-order valence-corrected chi connectivity index (χ1v) is 24.4. The molecule has 0 amide bonds. The quantitative estimate of drug-likeness (QED) is 0.0349. The van der Waals surface area contributed by atoms with Crippen molar-refractivity contribution in [2.24, 2.45) is 0 Å². The zero-order valence-corrected chi connectivity index (χ0v) is 65.1. The van der Waals surface area contributed by atoms with Crippen LogP contribution in [0, 0.1) is 26.2 Å². The standard InChI is InChI=1S/C40H34N10O10S2.2CO2.8Na.2O3S/c1-49(2)39-45-33(21-27-13-18-31(19-14-27)61(55,56)57)43-38(47-39)42-30-17-16-28(32(22-30)62(58,59)60)15-12-25-8-10-26(11-9-25)20-34-44-37(41-29-6-4-3-5-7-29)48-40(46-34)50(23-35(51)52)24-36(53)54;2*2-1-3;;;;;;;;;2*1-4(2)3/h4-8,10-19,22H,1-2,20-21,23-24H2,(H,51,52)(H,53,54)(H,55,56,57)(H,58,59,60)(H,41,44,46,48)(H,42,43,45,47);;;;;;;;;;;;/q-4;;;8*+1;;/p-4/b15-12+;;;;;;;;;;;;. The largest absolute Gasteiger partial charge is 1.00 e. The summed E-state index contributed by atoms with van der Waals surface area (Å²) in [7, 11) is -8.55. The number of aromatic nitrogens is 6. The maximum absolute atomic E-state index is 12.4. The maximum atomic E-state index is 12.4. The molecule has 0 radical (unpaired) electrons. The number of carboxylic acid groups (broad SMARTS) is 2. The van der Waals surface area contributed by atoms with Gasteiger partial charge >= 0.3 is 270 Å². The Morgan fingerprint density at radius 2 is 1.01 bits per heavy atom. The molecule has 400 valence electrons. The van der Waals surface area contributed by atoms with E-state index in [-0.39, 0.29) is 308 Å². The molecule has 30 nitrogen and oxygen atoms in total. The first-order chi connectivity index (χ1) is 35.7. The minimum atomic E-state index is -5.02. The molecule has 42 heteroatoms. The van der Waals surface area contributed by atoms with Crippen molar-refractivity contribution < 1.29 is 327 Å². The minimum Gasteiger partial charge on any atom is -0.744 e. The van der Waals surface area contributed by atoms with E-state index in [0.717, 1.165) is 28.0 Å². The van der Waals surface area contributed by atoms with Crippen molar-refractivity contribution in [1.82, 2.24) is 29.9 Å². The van der Waals surface area contributed by atoms with E-state index in [1.165, 1.54) is 36.4 Å². The number of carbonyl (C=O) groups is 2. The smallest absolute Gasteiger partial charge is 0.744 e. The molecule has 84 heavy (non-hydrogen) atoms. The van der Waals surface area contributed by atoms with Crippen LogP contribution in [-0.4, -0.2) is 118 Å². The van der Waals surface area contributed by atoms with Gasteiger partial charge in [0.15, 0.2) is 5.95 Å². The summed E-state index contributed by atoms with van der Waals surface area (Å²) < 4.78 is 122. The maximum Gasteiger partial charge on any atom is 1.00 e. The summed E-state index contributed by atoms with van der Waals surface area (Å²) in [5, 5.41) is 28.6. The van der Waals surface area contributed by atoms with Gasteiger partial charge in [-0.3, -0.25) is 14.1 Å². The number of hydrogen-bond donors (Lipinski definition) is 2. The summed E-state index contributed by atoms with van der Waals surface area (Å²) in [5.74, 6) is -3.11. The van der Waals surface area contributed by atoms with Gasteiger partial charge in [0.2, 0.25) is 17.8 Å². The number of benzene rings is 4. The second-order valence-corrected chi connectivity index (χ2v) is 17.2. The van der Waals surface area contributed by atoms with Gasteiger partial charge in [0.25, 0.3) is 0 Å². The van der Waals surface area contributed by atoms with Gasteiger partial charge in [-0.05, 0) is 41.8 Å². The Kier molecular flexibility index (Phi) is 57.7. The van der Waals surface area contributed by atoms with Crippen LogP contribution in [-0.2, 0) is 83.1 Å². The third-order valence-corrected chi connectivity index (χ3v) is 10.1. The molecule has 0 saturated carbocycles. The third-order valence-electron chi connectivity index (χ3n) is 8.34.